The number of fused-ring (bicyclic) bond motifs is 3. The van der Waals surface area contributed by atoms with Gasteiger partial charge in [-0.15, -0.1) is 0 Å². The van der Waals surface area contributed by atoms with Crippen molar-refractivity contribution in [1.29, 1.82) is 0 Å². The SMILES string of the molecule is CC(=O)Oc1ccc(C(=O)[C@@H]2[C@@H]3C(=O)N(c4ccc(Cl)cc4Cl)C(=O)[C@H]3[C@@H]3C=CC=NN23)cc1. The number of ketones is 1. The number of nitrogens with zero attached hydrogens (tertiary/aromatic N) is 3. The zero-order valence-corrected chi connectivity index (χ0v) is 19.2. The Balaban J connectivity index is 1.53. The van der Waals surface area contributed by atoms with E-state index in [-0.39, 0.29) is 16.5 Å². The van der Waals surface area contributed by atoms with Crippen molar-refractivity contribution in [3.05, 3.63) is 70.2 Å². The molecule has 34 heavy (non-hydrogen) atoms. The molecule has 5 rings (SSSR count). The van der Waals surface area contributed by atoms with Gasteiger partial charge in [0, 0.05) is 23.7 Å². The van der Waals surface area contributed by atoms with Crippen molar-refractivity contribution < 1.29 is 23.9 Å². The Morgan fingerprint density at radius 1 is 1.00 bits per heavy atom. The van der Waals surface area contributed by atoms with Crippen LogP contribution in [0.2, 0.25) is 10.0 Å². The van der Waals surface area contributed by atoms with Crippen LogP contribution in [-0.4, -0.2) is 46.9 Å². The van der Waals surface area contributed by atoms with Crippen LogP contribution in [0.5, 0.6) is 5.75 Å². The van der Waals surface area contributed by atoms with Crippen LogP contribution in [0.25, 0.3) is 0 Å². The maximum atomic E-state index is 13.6. The highest BCUT2D eigenvalue weighted by Gasteiger charge is 2.64. The summed E-state index contributed by atoms with van der Waals surface area (Å²) in [4.78, 5) is 52.9. The Hall–Kier alpha value is -3.49. The van der Waals surface area contributed by atoms with Gasteiger partial charge in [-0.2, -0.15) is 5.10 Å². The number of carbonyl (C=O) groups is 4. The van der Waals surface area contributed by atoms with Crippen LogP contribution in [0.15, 0.2) is 59.7 Å². The summed E-state index contributed by atoms with van der Waals surface area (Å²) in [7, 11) is 0. The summed E-state index contributed by atoms with van der Waals surface area (Å²) >= 11 is 12.3. The van der Waals surface area contributed by atoms with Crippen molar-refractivity contribution in [2.45, 2.75) is 19.0 Å². The van der Waals surface area contributed by atoms with Gasteiger partial charge in [0.2, 0.25) is 11.8 Å². The molecule has 3 heterocycles. The van der Waals surface area contributed by atoms with Crippen LogP contribution < -0.4 is 9.64 Å². The molecule has 3 aliphatic rings. The van der Waals surface area contributed by atoms with Crippen LogP contribution in [0.1, 0.15) is 17.3 Å². The van der Waals surface area contributed by atoms with Crippen LogP contribution in [0, 0.1) is 11.8 Å². The fourth-order valence-corrected chi connectivity index (χ4v) is 5.25. The minimum atomic E-state index is -0.997. The number of hydrogen-bond acceptors (Lipinski definition) is 7. The van der Waals surface area contributed by atoms with Crippen molar-refractivity contribution in [3.63, 3.8) is 0 Å². The predicted molar refractivity (Wildman–Crippen MR) is 125 cm³/mol. The zero-order chi connectivity index (χ0) is 24.1. The van der Waals surface area contributed by atoms with E-state index in [1.165, 1.54) is 54.5 Å². The lowest BCUT2D eigenvalue weighted by atomic mass is 9.86. The molecule has 0 aliphatic carbocycles. The summed E-state index contributed by atoms with van der Waals surface area (Å²) in [5, 5.41) is 6.37. The molecular weight excluding hydrogens is 481 g/mol. The number of benzene rings is 2. The topological polar surface area (TPSA) is 96.3 Å². The second-order valence-corrected chi connectivity index (χ2v) is 8.95. The molecule has 172 valence electrons. The highest BCUT2D eigenvalue weighted by Crippen LogP contribution is 2.47. The van der Waals surface area contributed by atoms with Crippen molar-refractivity contribution in [2.75, 3.05) is 4.90 Å². The predicted octanol–water partition coefficient (Wildman–Crippen LogP) is 3.52. The number of hydrazone groups is 1. The molecule has 3 aliphatic heterocycles. The molecule has 4 atom stereocenters. The van der Waals surface area contributed by atoms with Gasteiger partial charge in [0.15, 0.2) is 5.78 Å². The number of Topliss-reactive ketones (excluding diaryl/α,β-unsaturated/α-hetero) is 1. The van der Waals surface area contributed by atoms with Crippen LogP contribution >= 0.6 is 23.2 Å². The second-order valence-electron chi connectivity index (χ2n) is 8.11. The van der Waals surface area contributed by atoms with Gasteiger partial charge >= 0.3 is 5.97 Å². The van der Waals surface area contributed by atoms with E-state index < -0.39 is 41.7 Å². The number of halogens is 2. The first-order chi connectivity index (χ1) is 16.3. The number of anilines is 1. The molecule has 0 N–H and O–H groups in total. The number of esters is 1. The third-order valence-electron chi connectivity index (χ3n) is 6.11. The number of hydrogen-bond donors (Lipinski definition) is 0. The van der Waals surface area contributed by atoms with Crippen LogP contribution in [0.4, 0.5) is 5.69 Å². The number of imide groups is 1. The third-order valence-corrected chi connectivity index (χ3v) is 6.65. The minimum absolute atomic E-state index is 0.159. The average Bonchev–Trinajstić information content (AvgIpc) is 3.27. The Morgan fingerprint density at radius 2 is 1.71 bits per heavy atom. The average molecular weight is 498 g/mol. The van der Waals surface area contributed by atoms with Gasteiger partial charge in [-0.3, -0.25) is 24.2 Å². The van der Waals surface area contributed by atoms with Crippen molar-refractivity contribution >= 4 is 58.7 Å². The molecule has 8 nitrogen and oxygen atoms in total. The molecule has 10 heteroatoms. The van der Waals surface area contributed by atoms with Gasteiger partial charge in [-0.1, -0.05) is 29.3 Å². The highest BCUT2D eigenvalue weighted by molar-refractivity contribution is 6.38. The van der Waals surface area contributed by atoms with Gasteiger partial charge in [0.05, 0.1) is 28.6 Å². The van der Waals surface area contributed by atoms with Gasteiger partial charge in [-0.25, -0.2) is 4.90 Å². The minimum Gasteiger partial charge on any atom is -0.427 e. The van der Waals surface area contributed by atoms with Crippen LogP contribution in [0.3, 0.4) is 0 Å². The van der Waals surface area contributed by atoms with E-state index in [2.05, 4.69) is 5.10 Å². The van der Waals surface area contributed by atoms with Gasteiger partial charge in [-0.05, 0) is 48.5 Å². The Morgan fingerprint density at radius 3 is 2.38 bits per heavy atom. The molecule has 2 fully saturated rings. The normalized spacial score (nSPS) is 24.9. The van der Waals surface area contributed by atoms with Crippen LogP contribution in [-0.2, 0) is 14.4 Å². The Bertz CT molecular complexity index is 1290. The molecule has 0 radical (unpaired) electrons. The van der Waals surface area contributed by atoms with Crippen molar-refractivity contribution in [3.8, 4) is 5.75 Å². The first-order valence-electron chi connectivity index (χ1n) is 10.4. The van der Waals surface area contributed by atoms with E-state index in [9.17, 15) is 19.2 Å². The quantitative estimate of drug-likeness (QED) is 0.277. The fraction of sp³-hybridized carbons (Fsp3) is 0.208. The highest BCUT2D eigenvalue weighted by atomic mass is 35.5. The standard InChI is InChI=1S/C24H17Cl2N3O5/c1-12(30)34-15-7-4-13(5-8-15)22(31)21-20-19(18-3-2-10-27-29(18)21)23(32)28(24(20)33)17-9-6-14(25)11-16(17)26/h2-11,18-21H,1H3/t18-,19-,20+,21-/m0/s1. The van der Waals surface area contributed by atoms with E-state index in [4.69, 9.17) is 27.9 Å². The zero-order valence-electron chi connectivity index (χ0n) is 17.7. The summed E-state index contributed by atoms with van der Waals surface area (Å²) in [5.74, 6) is -3.29. The second kappa shape index (κ2) is 8.38. The largest absolute Gasteiger partial charge is 0.427 e. The van der Waals surface area contributed by atoms with Gasteiger partial charge in [0.1, 0.15) is 11.8 Å². The number of ether oxygens (including phenoxy) is 1. The maximum Gasteiger partial charge on any atom is 0.308 e. The molecule has 0 spiro atoms. The molecule has 2 amide bonds. The fourth-order valence-electron chi connectivity index (χ4n) is 4.76. The van der Waals surface area contributed by atoms with Gasteiger partial charge < -0.3 is 4.74 Å². The molecule has 0 saturated carbocycles. The van der Waals surface area contributed by atoms with E-state index in [0.717, 1.165) is 4.90 Å². The first kappa shape index (κ1) is 22.3. The number of allylic oxidation sites excluding steroid dienone is 1. The Labute approximate surface area is 204 Å². The molecule has 2 aromatic carbocycles. The number of carbonyl (C=O) groups excluding carboxylic acids is 4. The lowest BCUT2D eigenvalue weighted by Gasteiger charge is -2.30. The summed E-state index contributed by atoms with van der Waals surface area (Å²) in [6.07, 6.45) is 4.97. The van der Waals surface area contributed by atoms with Crippen molar-refractivity contribution in [1.82, 2.24) is 5.01 Å². The molecule has 2 aromatic rings. The number of amides is 2. The summed E-state index contributed by atoms with van der Waals surface area (Å²) < 4.78 is 5.02. The van der Waals surface area contributed by atoms with E-state index in [1.54, 1.807) is 18.2 Å². The van der Waals surface area contributed by atoms with E-state index in [1.807, 2.05) is 0 Å². The van der Waals surface area contributed by atoms with E-state index in [0.29, 0.717) is 16.3 Å². The third kappa shape index (κ3) is 3.50. The lowest BCUT2D eigenvalue weighted by Crippen LogP contribution is -2.46. The molecule has 0 bridgehead atoms. The molecule has 2 saturated heterocycles. The summed E-state index contributed by atoms with van der Waals surface area (Å²) in [5.41, 5.74) is 0.524. The smallest absolute Gasteiger partial charge is 0.308 e. The first-order valence-corrected chi connectivity index (χ1v) is 11.2. The maximum absolute atomic E-state index is 13.6. The van der Waals surface area contributed by atoms with Gasteiger partial charge in [0.25, 0.3) is 0 Å². The monoisotopic (exact) mass is 497 g/mol. The van der Waals surface area contributed by atoms with E-state index >= 15 is 0 Å². The van der Waals surface area contributed by atoms with Crippen molar-refractivity contribution in [2.24, 2.45) is 16.9 Å². The molecule has 0 unspecified atom stereocenters. The molecule has 0 aromatic heterocycles. The summed E-state index contributed by atoms with van der Waals surface area (Å²) in [6, 6.07) is 8.99. The summed E-state index contributed by atoms with van der Waals surface area (Å²) in [6.45, 7) is 1.28. The number of rotatable bonds is 4. The lowest BCUT2D eigenvalue weighted by molar-refractivity contribution is -0.132. The Kier molecular flexibility index (Phi) is 5.50. The molecular formula is C24H17Cl2N3O5.